The number of hydrogen-bond acceptors (Lipinski definition) is 3. The Balaban J connectivity index is 1.81. The summed E-state index contributed by atoms with van der Waals surface area (Å²) in [6.07, 6.45) is 1.09. The van der Waals surface area contributed by atoms with Gasteiger partial charge in [-0.1, -0.05) is 13.8 Å². The van der Waals surface area contributed by atoms with Crippen molar-refractivity contribution in [3.63, 3.8) is 0 Å². The van der Waals surface area contributed by atoms with Crippen molar-refractivity contribution in [3.8, 4) is 11.5 Å². The Morgan fingerprint density at radius 3 is 2.78 bits per heavy atom. The number of benzene rings is 1. The van der Waals surface area contributed by atoms with Gasteiger partial charge in [-0.2, -0.15) is 0 Å². The third-order valence-electron chi connectivity index (χ3n) is 3.42. The van der Waals surface area contributed by atoms with E-state index in [1.807, 2.05) is 22.5 Å². The van der Waals surface area contributed by atoms with Crippen LogP contribution in [0.3, 0.4) is 0 Å². The van der Waals surface area contributed by atoms with Gasteiger partial charge in [0.1, 0.15) is 11.0 Å². The fourth-order valence-electron chi connectivity index (χ4n) is 2.34. The smallest absolute Gasteiger partial charge is 0.231 e. The van der Waals surface area contributed by atoms with Gasteiger partial charge in [0, 0.05) is 19.2 Å². The average molecular weight is 267 g/mol. The largest absolute Gasteiger partial charge is 0.454 e. The van der Waals surface area contributed by atoms with Crippen LogP contribution in [0.1, 0.15) is 20.3 Å². The Hall–Kier alpha value is -1.07. The third kappa shape index (κ3) is 2.12. The van der Waals surface area contributed by atoms with Crippen molar-refractivity contribution in [3.05, 3.63) is 18.2 Å². The molecular weight excluding hydrogens is 250 g/mol. The first-order chi connectivity index (χ1) is 8.55. The molecule has 0 radical (unpaired) electrons. The van der Waals surface area contributed by atoms with E-state index in [1.54, 1.807) is 0 Å². The van der Waals surface area contributed by atoms with Gasteiger partial charge in [0.05, 0.1) is 4.90 Å². The monoisotopic (exact) mass is 267 g/mol. The minimum absolute atomic E-state index is 0.252. The number of ether oxygens (including phenoxy) is 2. The summed E-state index contributed by atoms with van der Waals surface area (Å²) in [6.45, 7) is 6.43. The van der Waals surface area contributed by atoms with Crippen LogP contribution in [0.2, 0.25) is 0 Å². The predicted molar refractivity (Wildman–Crippen MR) is 68.9 cm³/mol. The second-order valence-electron chi connectivity index (χ2n) is 5.54. The number of rotatable bonds is 2. The van der Waals surface area contributed by atoms with Gasteiger partial charge in [-0.25, -0.2) is 8.51 Å². The molecule has 2 aliphatic rings. The molecule has 0 aromatic heterocycles. The van der Waals surface area contributed by atoms with Crippen molar-refractivity contribution in [2.24, 2.45) is 5.41 Å². The molecule has 1 aromatic rings. The molecule has 0 amide bonds. The Bertz CT molecular complexity index is 501. The van der Waals surface area contributed by atoms with Gasteiger partial charge in [0.2, 0.25) is 6.79 Å². The first kappa shape index (κ1) is 12.0. The lowest BCUT2D eigenvalue weighted by atomic mass is 9.93. The molecule has 1 saturated heterocycles. The molecule has 1 atom stereocenters. The minimum atomic E-state index is -1.10. The average Bonchev–Trinajstić information content (AvgIpc) is 2.93. The van der Waals surface area contributed by atoms with Crippen LogP contribution < -0.4 is 9.47 Å². The van der Waals surface area contributed by atoms with E-state index >= 15 is 0 Å². The summed E-state index contributed by atoms with van der Waals surface area (Å²) >= 11 is 0. The van der Waals surface area contributed by atoms with Crippen LogP contribution in [0, 0.1) is 5.41 Å². The molecule has 2 aliphatic heterocycles. The summed E-state index contributed by atoms with van der Waals surface area (Å²) in [5.41, 5.74) is 0.256. The van der Waals surface area contributed by atoms with Gasteiger partial charge in [-0.05, 0) is 24.0 Å². The first-order valence-electron chi connectivity index (χ1n) is 6.12. The van der Waals surface area contributed by atoms with Crippen molar-refractivity contribution in [1.82, 2.24) is 4.31 Å². The van der Waals surface area contributed by atoms with E-state index in [2.05, 4.69) is 13.8 Å². The lowest BCUT2D eigenvalue weighted by molar-refractivity contribution is 0.174. The zero-order valence-electron chi connectivity index (χ0n) is 10.6. The van der Waals surface area contributed by atoms with Gasteiger partial charge < -0.3 is 9.47 Å². The normalized spacial score (nSPS) is 23.2. The molecule has 0 saturated carbocycles. The van der Waals surface area contributed by atoms with Gasteiger partial charge >= 0.3 is 0 Å². The Morgan fingerprint density at radius 1 is 1.28 bits per heavy atom. The highest BCUT2D eigenvalue weighted by molar-refractivity contribution is 7.82. The van der Waals surface area contributed by atoms with Crippen molar-refractivity contribution in [1.29, 1.82) is 0 Å². The van der Waals surface area contributed by atoms with E-state index in [4.69, 9.17) is 9.47 Å². The molecule has 0 N–H and O–H groups in total. The predicted octanol–water partition coefficient (Wildman–Crippen LogP) is 2.17. The highest BCUT2D eigenvalue weighted by Gasteiger charge is 2.33. The summed E-state index contributed by atoms with van der Waals surface area (Å²) in [6, 6.07) is 5.51. The molecule has 1 unspecified atom stereocenters. The Morgan fingerprint density at radius 2 is 2.06 bits per heavy atom. The van der Waals surface area contributed by atoms with Gasteiger partial charge in [0.15, 0.2) is 11.5 Å². The Kier molecular flexibility index (Phi) is 2.83. The number of fused-ring (bicyclic) bond motifs is 1. The molecule has 98 valence electrons. The van der Waals surface area contributed by atoms with E-state index in [1.165, 1.54) is 0 Å². The molecule has 0 bridgehead atoms. The summed E-state index contributed by atoms with van der Waals surface area (Å²) < 4.78 is 25.1. The van der Waals surface area contributed by atoms with Crippen LogP contribution in [0.4, 0.5) is 0 Å². The molecule has 18 heavy (non-hydrogen) atoms. The first-order valence-corrected chi connectivity index (χ1v) is 7.22. The van der Waals surface area contributed by atoms with Crippen molar-refractivity contribution in [2.45, 2.75) is 25.2 Å². The zero-order valence-corrected chi connectivity index (χ0v) is 11.5. The van der Waals surface area contributed by atoms with Crippen LogP contribution in [-0.2, 0) is 11.0 Å². The SMILES string of the molecule is CC1(C)CCN(S(=O)c2ccc3c(c2)OCO3)C1. The van der Waals surface area contributed by atoms with Crippen LogP contribution in [0.15, 0.2) is 23.1 Å². The maximum Gasteiger partial charge on any atom is 0.231 e. The second-order valence-corrected chi connectivity index (χ2v) is 7.03. The zero-order chi connectivity index (χ0) is 12.8. The molecule has 0 spiro atoms. The molecule has 0 aliphatic carbocycles. The molecular formula is C13H17NO3S. The molecule has 1 aromatic carbocycles. The van der Waals surface area contributed by atoms with Crippen molar-refractivity contribution < 1.29 is 13.7 Å². The highest BCUT2D eigenvalue weighted by atomic mass is 32.2. The molecule has 4 nitrogen and oxygen atoms in total. The third-order valence-corrected chi connectivity index (χ3v) is 4.86. The van der Waals surface area contributed by atoms with Crippen molar-refractivity contribution >= 4 is 11.0 Å². The van der Waals surface area contributed by atoms with Gasteiger partial charge in [-0.3, -0.25) is 0 Å². The summed E-state index contributed by atoms with van der Waals surface area (Å²) in [5, 5.41) is 0. The number of hydrogen-bond donors (Lipinski definition) is 0. The van der Waals surface area contributed by atoms with Crippen LogP contribution in [0.5, 0.6) is 11.5 Å². The maximum atomic E-state index is 12.5. The van der Waals surface area contributed by atoms with Gasteiger partial charge in [-0.15, -0.1) is 0 Å². The lowest BCUT2D eigenvalue weighted by Gasteiger charge is -2.18. The van der Waals surface area contributed by atoms with E-state index in [9.17, 15) is 4.21 Å². The maximum absolute atomic E-state index is 12.5. The highest BCUT2D eigenvalue weighted by Crippen LogP contribution is 2.36. The fourth-order valence-corrected chi connectivity index (χ4v) is 3.75. The van der Waals surface area contributed by atoms with Crippen LogP contribution in [-0.4, -0.2) is 28.4 Å². The summed E-state index contributed by atoms with van der Waals surface area (Å²) in [5.74, 6) is 1.43. The van der Waals surface area contributed by atoms with Gasteiger partial charge in [0.25, 0.3) is 0 Å². The second kappa shape index (κ2) is 4.24. The van der Waals surface area contributed by atoms with Crippen LogP contribution >= 0.6 is 0 Å². The molecule has 2 heterocycles. The topological polar surface area (TPSA) is 38.8 Å². The fraction of sp³-hybridized carbons (Fsp3) is 0.538. The molecule has 5 heteroatoms. The van der Waals surface area contributed by atoms with E-state index in [0.717, 1.165) is 30.2 Å². The van der Waals surface area contributed by atoms with E-state index in [0.29, 0.717) is 5.75 Å². The van der Waals surface area contributed by atoms with E-state index < -0.39 is 11.0 Å². The summed E-state index contributed by atoms with van der Waals surface area (Å²) in [7, 11) is -1.10. The van der Waals surface area contributed by atoms with E-state index in [-0.39, 0.29) is 12.2 Å². The van der Waals surface area contributed by atoms with Crippen LogP contribution in [0.25, 0.3) is 0 Å². The standard InChI is InChI=1S/C13H17NO3S/c1-13(2)5-6-14(8-13)18(15)10-3-4-11-12(7-10)17-9-16-11/h3-4,7H,5-6,8-9H2,1-2H3. The molecule has 3 rings (SSSR count). The molecule has 1 fully saturated rings. The quantitative estimate of drug-likeness (QED) is 0.824. The summed E-state index contributed by atoms with van der Waals surface area (Å²) in [4.78, 5) is 0.789. The lowest BCUT2D eigenvalue weighted by Crippen LogP contribution is -2.25. The van der Waals surface area contributed by atoms with Crippen molar-refractivity contribution in [2.75, 3.05) is 19.9 Å². The number of nitrogens with zero attached hydrogens (tertiary/aromatic N) is 1. The minimum Gasteiger partial charge on any atom is -0.454 e. The Labute approximate surface area is 109 Å².